The van der Waals surface area contributed by atoms with Crippen molar-refractivity contribution in [2.75, 3.05) is 26.0 Å². The number of rotatable bonds is 27. The lowest BCUT2D eigenvalue weighted by Gasteiger charge is -2.40. The molecule has 1 amide bonds. The molecule has 1 aromatic heterocycles. The molecule has 10 nitrogen and oxygen atoms in total. The molecule has 13 heteroatoms. The highest BCUT2D eigenvalue weighted by molar-refractivity contribution is 8.77. The van der Waals surface area contributed by atoms with Gasteiger partial charge in [-0.25, -0.2) is 9.86 Å². The van der Waals surface area contributed by atoms with Gasteiger partial charge < -0.3 is 13.9 Å². The SMILES string of the molecule is CCCCCCCCCCCCCCCCN(OC[C@H]1O[C@@H](n2ccc(=O)[nH]c2=O)C(OC)C1O[Si](C)(C)C(C)(C)C)C(=O)CCCCC1CCSS1. The minimum Gasteiger partial charge on any atom is -0.408 e. The Labute approximate surface area is 329 Å². The topological polar surface area (TPSA) is 112 Å². The van der Waals surface area contributed by atoms with E-state index in [1.165, 1.54) is 99.6 Å². The Bertz CT molecular complexity index is 1280. The lowest BCUT2D eigenvalue weighted by Crippen LogP contribution is -2.51. The number of methoxy groups -OCH3 is 1. The molecule has 0 spiro atoms. The van der Waals surface area contributed by atoms with E-state index in [0.717, 1.165) is 38.5 Å². The molecule has 2 fully saturated rings. The molecule has 2 saturated heterocycles. The van der Waals surface area contributed by atoms with Crippen LogP contribution in [-0.4, -0.2) is 78.4 Å². The van der Waals surface area contributed by atoms with Crippen LogP contribution in [0, 0.1) is 0 Å². The second-order valence-corrected chi connectivity index (χ2v) is 24.1. The van der Waals surface area contributed by atoms with Gasteiger partial charge in [-0.2, -0.15) is 0 Å². The number of unbranched alkanes of at least 4 members (excludes halogenated alkanes) is 14. The molecule has 1 N–H and O–H groups in total. The summed E-state index contributed by atoms with van der Waals surface area (Å²) in [4.78, 5) is 47.1. The quantitative estimate of drug-likeness (QED) is 0.0402. The lowest BCUT2D eigenvalue weighted by molar-refractivity contribution is -0.203. The van der Waals surface area contributed by atoms with Crippen LogP contribution in [0.25, 0.3) is 0 Å². The maximum Gasteiger partial charge on any atom is 0.330 e. The molecule has 0 aliphatic carbocycles. The lowest BCUT2D eigenvalue weighted by atomic mass is 10.0. The van der Waals surface area contributed by atoms with E-state index in [-0.39, 0.29) is 17.6 Å². The van der Waals surface area contributed by atoms with Gasteiger partial charge in [-0.3, -0.25) is 24.0 Å². The van der Waals surface area contributed by atoms with E-state index >= 15 is 0 Å². The molecule has 2 aliphatic heterocycles. The second-order valence-electron chi connectivity index (χ2n) is 16.6. The number of aromatic nitrogens is 2. The third-order valence-corrected chi connectivity index (χ3v) is 18.7. The molecule has 0 bridgehead atoms. The predicted octanol–water partition coefficient (Wildman–Crippen LogP) is 9.79. The van der Waals surface area contributed by atoms with Crippen molar-refractivity contribution >= 4 is 35.8 Å². The Kier molecular flexibility index (Phi) is 21.4. The van der Waals surface area contributed by atoms with Crippen LogP contribution in [0.3, 0.4) is 0 Å². The van der Waals surface area contributed by atoms with Crippen LogP contribution in [0.4, 0.5) is 0 Å². The van der Waals surface area contributed by atoms with Gasteiger partial charge in [0.15, 0.2) is 14.5 Å². The number of H-pyrrole nitrogens is 1. The van der Waals surface area contributed by atoms with Crippen LogP contribution in [0.15, 0.2) is 21.9 Å². The predicted molar refractivity (Wildman–Crippen MR) is 223 cm³/mol. The van der Waals surface area contributed by atoms with Crippen LogP contribution < -0.4 is 11.2 Å². The maximum atomic E-state index is 13.7. The summed E-state index contributed by atoms with van der Waals surface area (Å²) in [5, 5.41) is 2.18. The van der Waals surface area contributed by atoms with Crippen molar-refractivity contribution in [1.82, 2.24) is 14.6 Å². The van der Waals surface area contributed by atoms with Crippen LogP contribution >= 0.6 is 21.6 Å². The number of hydrogen-bond acceptors (Lipinski definition) is 9. The highest BCUT2D eigenvalue weighted by Gasteiger charge is 2.51. The Balaban J connectivity index is 1.60. The van der Waals surface area contributed by atoms with Gasteiger partial charge in [-0.1, -0.05) is 139 Å². The average molecular weight is 800 g/mol. The number of nitrogens with one attached hydrogen (secondary N) is 1. The zero-order chi connectivity index (χ0) is 38.7. The number of carbonyl (C=O) groups excluding carboxylic acids is 1. The zero-order valence-electron chi connectivity index (χ0n) is 34.2. The molecular weight excluding hydrogens is 727 g/mol. The van der Waals surface area contributed by atoms with Gasteiger partial charge in [-0.15, -0.1) is 0 Å². The molecule has 0 radical (unpaired) electrons. The van der Waals surface area contributed by atoms with Crippen LogP contribution in [0.2, 0.25) is 18.1 Å². The van der Waals surface area contributed by atoms with Gasteiger partial charge in [0.05, 0.1) is 0 Å². The fraction of sp³-hybridized carbons (Fsp3) is 0.875. The van der Waals surface area contributed by atoms with Gasteiger partial charge in [0.2, 0.25) is 5.91 Å². The van der Waals surface area contributed by atoms with Crippen molar-refractivity contribution in [1.29, 1.82) is 0 Å². The van der Waals surface area contributed by atoms with E-state index in [0.29, 0.717) is 18.2 Å². The number of hydroxylamine groups is 2. The third-order valence-electron chi connectivity index (χ3n) is 11.2. The van der Waals surface area contributed by atoms with Gasteiger partial charge >= 0.3 is 5.69 Å². The molecule has 306 valence electrons. The van der Waals surface area contributed by atoms with Crippen LogP contribution in [-0.2, 0) is 23.5 Å². The van der Waals surface area contributed by atoms with E-state index in [4.69, 9.17) is 18.7 Å². The van der Waals surface area contributed by atoms with Gasteiger partial charge in [0.25, 0.3) is 5.56 Å². The first-order valence-corrected chi connectivity index (χ1v) is 26.1. The first kappa shape index (κ1) is 46.3. The maximum absolute atomic E-state index is 13.7. The molecule has 3 heterocycles. The average Bonchev–Trinajstić information content (AvgIpc) is 3.75. The molecule has 3 unspecified atom stereocenters. The van der Waals surface area contributed by atoms with E-state index in [2.05, 4.69) is 45.8 Å². The summed E-state index contributed by atoms with van der Waals surface area (Å²) in [6.45, 7) is 13.7. The van der Waals surface area contributed by atoms with E-state index in [1.54, 1.807) is 12.2 Å². The molecule has 53 heavy (non-hydrogen) atoms. The normalized spacial score (nSPS) is 22.1. The summed E-state index contributed by atoms with van der Waals surface area (Å²) in [5.74, 6) is 1.23. The number of ether oxygens (including phenoxy) is 2. The number of amides is 1. The minimum atomic E-state index is -2.33. The highest BCUT2D eigenvalue weighted by atomic mass is 33.1. The fourth-order valence-electron chi connectivity index (χ4n) is 6.82. The Morgan fingerprint density at radius 2 is 1.57 bits per heavy atom. The molecule has 0 saturated carbocycles. The molecule has 1 aromatic rings. The van der Waals surface area contributed by atoms with E-state index in [1.807, 2.05) is 21.6 Å². The zero-order valence-corrected chi connectivity index (χ0v) is 36.8. The number of hydrogen-bond donors (Lipinski definition) is 1. The van der Waals surface area contributed by atoms with Crippen molar-refractivity contribution in [3.63, 3.8) is 0 Å². The van der Waals surface area contributed by atoms with Gasteiger partial charge in [0, 0.05) is 43.3 Å². The van der Waals surface area contributed by atoms with Crippen molar-refractivity contribution < 1.29 is 23.5 Å². The smallest absolute Gasteiger partial charge is 0.330 e. The van der Waals surface area contributed by atoms with Gasteiger partial charge in [0.1, 0.15) is 24.9 Å². The fourth-order valence-corrected chi connectivity index (χ4v) is 11.2. The van der Waals surface area contributed by atoms with Crippen molar-refractivity contribution in [3.05, 3.63) is 33.1 Å². The summed E-state index contributed by atoms with van der Waals surface area (Å²) in [6.07, 6.45) is 21.4. The summed E-state index contributed by atoms with van der Waals surface area (Å²) >= 11 is 0. The Hall–Kier alpha value is -1.09. The molecular formula is C40H73N3O7S2Si. The van der Waals surface area contributed by atoms with Crippen LogP contribution in [0.5, 0.6) is 0 Å². The standard InChI is InChI=1S/C40H73N3O7S2Si/c1-8-9-10-11-12-13-14-15-16-17-18-19-20-23-28-43(35(45)25-22-21-24-32-27-30-51-52-32)48-31-33-36(50-53(6,7)40(2,3)4)37(47-5)38(49-33)42-29-26-34(44)41-39(42)46/h26,29,32-33,36-38H,8-25,27-28,30-31H2,1-7H3,(H,41,44,46)/t32?,33-,36?,37?,38-/m1/s1. The largest absolute Gasteiger partial charge is 0.408 e. The summed E-state index contributed by atoms with van der Waals surface area (Å²) < 4.78 is 20.7. The number of carbonyl (C=O) groups is 1. The van der Waals surface area contributed by atoms with Crippen molar-refractivity contribution in [2.24, 2.45) is 0 Å². The number of aromatic amines is 1. The van der Waals surface area contributed by atoms with Crippen molar-refractivity contribution in [3.8, 4) is 0 Å². The summed E-state index contributed by atoms with van der Waals surface area (Å²) in [7, 11) is 3.19. The van der Waals surface area contributed by atoms with Crippen LogP contribution in [0.1, 0.15) is 156 Å². The molecule has 0 aromatic carbocycles. The van der Waals surface area contributed by atoms with E-state index in [9.17, 15) is 14.4 Å². The summed E-state index contributed by atoms with van der Waals surface area (Å²) in [6, 6.07) is 1.30. The number of nitrogens with zero attached hydrogens (tertiary/aromatic N) is 2. The van der Waals surface area contributed by atoms with E-state index < -0.39 is 44.1 Å². The Morgan fingerprint density at radius 3 is 2.11 bits per heavy atom. The summed E-state index contributed by atoms with van der Waals surface area (Å²) in [5.41, 5.74) is -1.06. The van der Waals surface area contributed by atoms with Gasteiger partial charge in [-0.05, 0) is 43.8 Å². The third kappa shape index (κ3) is 16.1. The molecule has 3 rings (SSSR count). The minimum absolute atomic E-state index is 0.00435. The first-order valence-electron chi connectivity index (χ1n) is 20.8. The first-order chi connectivity index (χ1) is 25.4. The van der Waals surface area contributed by atoms with Crippen molar-refractivity contribution in [2.45, 2.75) is 198 Å². The Morgan fingerprint density at radius 1 is 0.943 bits per heavy atom. The monoisotopic (exact) mass is 799 g/mol. The highest BCUT2D eigenvalue weighted by Crippen LogP contribution is 2.42. The molecule has 5 atom stereocenters. The molecule has 2 aliphatic rings. The second kappa shape index (κ2) is 24.5.